The number of fused-ring (bicyclic) bond motifs is 1. The Morgan fingerprint density at radius 3 is 2.77 bits per heavy atom. The molecule has 1 atom stereocenters. The number of ether oxygens (including phenoxy) is 2. The Morgan fingerprint density at radius 2 is 2.06 bits per heavy atom. The van der Waals surface area contributed by atoms with Gasteiger partial charge in [-0.05, 0) is 42.5 Å². The van der Waals surface area contributed by atoms with Crippen molar-refractivity contribution in [3.05, 3.63) is 65.1 Å². The van der Waals surface area contributed by atoms with Gasteiger partial charge in [-0.25, -0.2) is 4.98 Å². The van der Waals surface area contributed by atoms with Gasteiger partial charge in [0.05, 0.1) is 11.8 Å². The molecule has 2 aliphatic rings. The zero-order valence-corrected chi connectivity index (χ0v) is 17.9. The Kier molecular flexibility index (Phi) is 5.19. The first-order valence-corrected chi connectivity index (χ1v) is 10.7. The van der Waals surface area contributed by atoms with Crippen LogP contribution in [0.5, 0.6) is 5.88 Å². The number of pyridine rings is 1. The van der Waals surface area contributed by atoms with Crippen LogP contribution < -0.4 is 4.74 Å². The zero-order valence-electron chi connectivity index (χ0n) is 17.9. The summed E-state index contributed by atoms with van der Waals surface area (Å²) in [5.41, 5.74) is 5.88. The first kappa shape index (κ1) is 19.8. The lowest BCUT2D eigenvalue weighted by Gasteiger charge is -2.16. The topological polar surface area (TPSA) is 69.5 Å². The molecule has 0 spiro atoms. The lowest BCUT2D eigenvalue weighted by Crippen LogP contribution is -2.24. The minimum absolute atomic E-state index is 0.0300. The van der Waals surface area contributed by atoms with E-state index >= 15 is 0 Å². The van der Waals surface area contributed by atoms with E-state index in [1.807, 2.05) is 35.8 Å². The SMILES string of the molecule is Cc1nn(C)cc1-c1ccc(CN2Cc3ccnc(OCC4CCCO4)c3C2=O)cc1. The standard InChI is InChI=1S/C24H26N4O3/c1-16-21(14-27(2)26-16)18-7-5-17(6-8-18)12-28-13-19-9-10-25-23(22(19)24(28)29)31-15-20-4-3-11-30-20/h5-10,14,20H,3-4,11-13,15H2,1-2H3. The Labute approximate surface area is 181 Å². The molecule has 1 fully saturated rings. The Hall–Kier alpha value is -3.19. The molecule has 1 saturated heterocycles. The fourth-order valence-electron chi connectivity index (χ4n) is 4.35. The van der Waals surface area contributed by atoms with Gasteiger partial charge in [0.2, 0.25) is 5.88 Å². The van der Waals surface area contributed by atoms with E-state index in [-0.39, 0.29) is 12.0 Å². The molecule has 2 aromatic heterocycles. The van der Waals surface area contributed by atoms with Gasteiger partial charge in [-0.15, -0.1) is 0 Å². The fraction of sp³-hybridized carbons (Fsp3) is 0.375. The molecule has 0 radical (unpaired) electrons. The maximum atomic E-state index is 13.1. The summed E-state index contributed by atoms with van der Waals surface area (Å²) < 4.78 is 13.3. The van der Waals surface area contributed by atoms with Gasteiger partial charge in [0.1, 0.15) is 12.2 Å². The van der Waals surface area contributed by atoms with Crippen molar-refractivity contribution in [3.63, 3.8) is 0 Å². The van der Waals surface area contributed by atoms with Crippen LogP contribution in [0, 0.1) is 6.92 Å². The monoisotopic (exact) mass is 418 g/mol. The predicted octanol–water partition coefficient (Wildman–Crippen LogP) is 3.50. The maximum absolute atomic E-state index is 13.1. The van der Waals surface area contributed by atoms with Crippen molar-refractivity contribution in [2.24, 2.45) is 7.05 Å². The van der Waals surface area contributed by atoms with E-state index in [1.165, 1.54) is 0 Å². The minimum atomic E-state index is -0.0300. The molecule has 0 saturated carbocycles. The highest BCUT2D eigenvalue weighted by Gasteiger charge is 2.32. The fourth-order valence-corrected chi connectivity index (χ4v) is 4.35. The molecule has 31 heavy (non-hydrogen) atoms. The van der Waals surface area contributed by atoms with Crippen molar-refractivity contribution in [2.45, 2.75) is 39.0 Å². The number of benzene rings is 1. The van der Waals surface area contributed by atoms with Gasteiger partial charge in [-0.2, -0.15) is 5.10 Å². The highest BCUT2D eigenvalue weighted by atomic mass is 16.5. The van der Waals surface area contributed by atoms with Gasteiger partial charge in [0.15, 0.2) is 0 Å². The summed E-state index contributed by atoms with van der Waals surface area (Å²) in [6, 6.07) is 10.2. The van der Waals surface area contributed by atoms with Crippen LogP contribution in [0.1, 0.15) is 40.0 Å². The Bertz CT molecular complexity index is 1100. The number of nitrogens with zero attached hydrogens (tertiary/aromatic N) is 4. The number of hydrogen-bond donors (Lipinski definition) is 0. The van der Waals surface area contributed by atoms with E-state index in [2.05, 4.69) is 34.3 Å². The number of carbonyl (C=O) groups is 1. The van der Waals surface area contributed by atoms with Crippen molar-refractivity contribution in [1.29, 1.82) is 0 Å². The van der Waals surface area contributed by atoms with Gasteiger partial charge in [-0.3, -0.25) is 9.48 Å². The molecule has 1 unspecified atom stereocenters. The molecule has 7 heteroatoms. The maximum Gasteiger partial charge on any atom is 0.260 e. The summed E-state index contributed by atoms with van der Waals surface area (Å²) in [6.07, 6.45) is 5.87. The first-order chi connectivity index (χ1) is 15.1. The van der Waals surface area contributed by atoms with Crippen LogP contribution >= 0.6 is 0 Å². The van der Waals surface area contributed by atoms with Crippen LogP contribution in [0.15, 0.2) is 42.7 Å². The van der Waals surface area contributed by atoms with Gasteiger partial charge < -0.3 is 14.4 Å². The van der Waals surface area contributed by atoms with E-state index in [4.69, 9.17) is 9.47 Å². The molecule has 7 nitrogen and oxygen atoms in total. The lowest BCUT2D eigenvalue weighted by molar-refractivity contribution is 0.0643. The van der Waals surface area contributed by atoms with E-state index in [0.29, 0.717) is 31.1 Å². The van der Waals surface area contributed by atoms with Gasteiger partial charge >= 0.3 is 0 Å². The van der Waals surface area contributed by atoms with Crippen molar-refractivity contribution in [3.8, 4) is 17.0 Å². The third-order valence-electron chi connectivity index (χ3n) is 5.95. The average molecular weight is 418 g/mol. The lowest BCUT2D eigenvalue weighted by atomic mass is 10.0. The highest BCUT2D eigenvalue weighted by Crippen LogP contribution is 2.31. The summed E-state index contributed by atoms with van der Waals surface area (Å²) >= 11 is 0. The molecule has 1 amide bonds. The third kappa shape index (κ3) is 3.93. The molecule has 3 aromatic rings. The average Bonchev–Trinajstić information content (AvgIpc) is 3.48. The minimum Gasteiger partial charge on any atom is -0.474 e. The van der Waals surface area contributed by atoms with Crippen LogP contribution in [0.2, 0.25) is 0 Å². The largest absolute Gasteiger partial charge is 0.474 e. The Balaban J connectivity index is 1.28. The van der Waals surface area contributed by atoms with E-state index in [1.54, 1.807) is 6.20 Å². The van der Waals surface area contributed by atoms with Crippen molar-refractivity contribution >= 4 is 5.91 Å². The predicted molar refractivity (Wildman–Crippen MR) is 116 cm³/mol. The molecule has 4 heterocycles. The molecule has 0 bridgehead atoms. The number of amides is 1. The van der Waals surface area contributed by atoms with Gasteiger partial charge in [0, 0.05) is 44.7 Å². The van der Waals surface area contributed by atoms with Gasteiger partial charge in [0.25, 0.3) is 5.91 Å². The van der Waals surface area contributed by atoms with Crippen LogP contribution in [-0.2, 0) is 24.9 Å². The molecular weight excluding hydrogens is 392 g/mol. The molecule has 160 valence electrons. The number of carbonyl (C=O) groups excluding carboxylic acids is 1. The van der Waals surface area contributed by atoms with Crippen LogP contribution in [0.4, 0.5) is 0 Å². The van der Waals surface area contributed by atoms with Crippen LogP contribution in [0.3, 0.4) is 0 Å². The van der Waals surface area contributed by atoms with Crippen LogP contribution in [-0.4, -0.2) is 44.9 Å². The summed E-state index contributed by atoms with van der Waals surface area (Å²) in [7, 11) is 1.93. The molecule has 2 aliphatic heterocycles. The quantitative estimate of drug-likeness (QED) is 0.613. The summed E-state index contributed by atoms with van der Waals surface area (Å²) in [6.45, 7) is 4.34. The number of rotatable bonds is 6. The summed E-state index contributed by atoms with van der Waals surface area (Å²) in [5, 5.41) is 4.41. The molecule has 0 N–H and O–H groups in total. The van der Waals surface area contributed by atoms with E-state index in [0.717, 1.165) is 47.4 Å². The second-order valence-electron chi connectivity index (χ2n) is 8.26. The Morgan fingerprint density at radius 1 is 1.23 bits per heavy atom. The first-order valence-electron chi connectivity index (χ1n) is 10.7. The van der Waals surface area contributed by atoms with Crippen LogP contribution in [0.25, 0.3) is 11.1 Å². The molecule has 1 aromatic carbocycles. The van der Waals surface area contributed by atoms with E-state index in [9.17, 15) is 4.79 Å². The van der Waals surface area contributed by atoms with E-state index < -0.39 is 0 Å². The van der Waals surface area contributed by atoms with Crippen molar-refractivity contribution in [1.82, 2.24) is 19.7 Å². The second kappa shape index (κ2) is 8.15. The molecule has 5 rings (SSSR count). The summed E-state index contributed by atoms with van der Waals surface area (Å²) in [5.74, 6) is 0.389. The van der Waals surface area contributed by atoms with Crippen molar-refractivity contribution in [2.75, 3.05) is 13.2 Å². The smallest absolute Gasteiger partial charge is 0.260 e. The normalized spacial score (nSPS) is 17.9. The zero-order chi connectivity index (χ0) is 21.4. The summed E-state index contributed by atoms with van der Waals surface area (Å²) in [4.78, 5) is 19.3. The number of hydrogen-bond acceptors (Lipinski definition) is 5. The number of aromatic nitrogens is 3. The third-order valence-corrected chi connectivity index (χ3v) is 5.95. The van der Waals surface area contributed by atoms with Gasteiger partial charge in [-0.1, -0.05) is 24.3 Å². The highest BCUT2D eigenvalue weighted by molar-refractivity contribution is 6.00. The molecular formula is C24H26N4O3. The number of aryl methyl sites for hydroxylation is 2. The molecule has 0 aliphatic carbocycles. The second-order valence-corrected chi connectivity index (χ2v) is 8.26. The van der Waals surface area contributed by atoms with Crippen molar-refractivity contribution < 1.29 is 14.3 Å².